The van der Waals surface area contributed by atoms with Crippen molar-refractivity contribution in [3.05, 3.63) is 29.8 Å². The largest absolute Gasteiger partial charge is 1.00 e. The fourth-order valence-electron chi connectivity index (χ4n) is 0.705. The molecular formula is C7H8K2O3S. The summed E-state index contributed by atoms with van der Waals surface area (Å²) in [5.41, 5.74) is 0.928. The topological polar surface area (TPSA) is 57.2 Å². The predicted octanol–water partition coefficient (Wildman–Crippen LogP) is -4.98. The number of hydrogen-bond donors (Lipinski definition) is 0. The third kappa shape index (κ3) is 6.54. The minimum atomic E-state index is -4.27. The van der Waals surface area contributed by atoms with Crippen LogP contribution in [-0.4, -0.2) is 13.0 Å². The number of aryl methyl sites for hydroxylation is 1. The molecule has 1 aromatic rings. The normalized spacial score (nSPS) is 9.69. The molecule has 0 aromatic heterocycles. The van der Waals surface area contributed by atoms with Crippen LogP contribution in [0.25, 0.3) is 0 Å². The maximum absolute atomic E-state index is 10.4. The van der Waals surface area contributed by atoms with Crippen molar-refractivity contribution in [2.75, 3.05) is 0 Å². The van der Waals surface area contributed by atoms with E-state index >= 15 is 0 Å². The van der Waals surface area contributed by atoms with Crippen molar-refractivity contribution in [3.63, 3.8) is 0 Å². The number of benzene rings is 1. The first-order chi connectivity index (χ1) is 5.00. The Kier molecular flexibility index (Phi) is 10.5. The van der Waals surface area contributed by atoms with Crippen LogP contribution in [0.2, 0.25) is 0 Å². The molecule has 0 radical (unpaired) electrons. The molecule has 0 bridgehead atoms. The molecule has 0 amide bonds. The first kappa shape index (κ1) is 17.8. The number of rotatable bonds is 1. The van der Waals surface area contributed by atoms with Gasteiger partial charge in [0.15, 0.2) is 0 Å². The van der Waals surface area contributed by atoms with Crippen molar-refractivity contribution in [1.29, 1.82) is 0 Å². The van der Waals surface area contributed by atoms with E-state index in [1.165, 1.54) is 12.1 Å². The van der Waals surface area contributed by atoms with Crippen LogP contribution >= 0.6 is 0 Å². The second-order valence-electron chi connectivity index (χ2n) is 2.27. The summed E-state index contributed by atoms with van der Waals surface area (Å²) in [6.45, 7) is 1.82. The summed E-state index contributed by atoms with van der Waals surface area (Å²) in [4.78, 5) is -0.178. The van der Waals surface area contributed by atoms with Crippen molar-refractivity contribution in [2.24, 2.45) is 0 Å². The van der Waals surface area contributed by atoms with Crippen LogP contribution in [0.1, 0.15) is 6.99 Å². The Labute approximate surface area is 165 Å². The monoisotopic (exact) mass is 250 g/mol. The molecule has 6 heteroatoms. The molecule has 0 aliphatic rings. The summed E-state index contributed by atoms with van der Waals surface area (Å²) in [6.07, 6.45) is 0. The Morgan fingerprint density at radius 2 is 1.54 bits per heavy atom. The van der Waals surface area contributed by atoms with Crippen molar-refractivity contribution < 1.29 is 117 Å². The SMILES string of the molecule is Cc1ccc(S(=O)(=O)[O-])cc1.[H-].[K+].[K+]. The smallest absolute Gasteiger partial charge is 1.00 e. The van der Waals surface area contributed by atoms with Gasteiger partial charge in [-0.15, -0.1) is 0 Å². The second kappa shape index (κ2) is 7.64. The molecule has 0 atom stereocenters. The van der Waals surface area contributed by atoms with Gasteiger partial charge in [-0.25, -0.2) is 8.42 Å². The molecule has 0 spiro atoms. The van der Waals surface area contributed by atoms with Crippen LogP contribution in [0.4, 0.5) is 0 Å². The van der Waals surface area contributed by atoms with E-state index in [2.05, 4.69) is 0 Å². The molecular weight excluding hydrogens is 242 g/mol. The van der Waals surface area contributed by atoms with Gasteiger partial charge in [-0.2, -0.15) is 0 Å². The van der Waals surface area contributed by atoms with Crippen LogP contribution in [-0.2, 0) is 10.1 Å². The zero-order chi connectivity index (χ0) is 8.48. The molecule has 13 heavy (non-hydrogen) atoms. The van der Waals surface area contributed by atoms with Gasteiger partial charge in [-0.3, -0.25) is 0 Å². The molecule has 3 nitrogen and oxygen atoms in total. The van der Waals surface area contributed by atoms with Gasteiger partial charge in [-0.1, -0.05) is 17.7 Å². The van der Waals surface area contributed by atoms with E-state index < -0.39 is 10.1 Å². The van der Waals surface area contributed by atoms with E-state index in [4.69, 9.17) is 0 Å². The van der Waals surface area contributed by atoms with Crippen LogP contribution < -0.4 is 103 Å². The maximum atomic E-state index is 10.4. The van der Waals surface area contributed by atoms with Gasteiger partial charge in [0.1, 0.15) is 10.1 Å². The first-order valence-corrected chi connectivity index (χ1v) is 4.43. The molecule has 1 aromatic carbocycles. The van der Waals surface area contributed by atoms with Crippen molar-refractivity contribution in [1.82, 2.24) is 0 Å². The molecule has 62 valence electrons. The zero-order valence-electron chi connectivity index (χ0n) is 8.94. The van der Waals surface area contributed by atoms with Gasteiger partial charge < -0.3 is 5.98 Å². The van der Waals surface area contributed by atoms with E-state index in [9.17, 15) is 13.0 Å². The minimum absolute atomic E-state index is 0. The molecule has 0 aliphatic heterocycles. The zero-order valence-corrected chi connectivity index (χ0v) is 15.0. The fourth-order valence-corrected chi connectivity index (χ4v) is 1.17. The summed E-state index contributed by atoms with van der Waals surface area (Å²) >= 11 is 0. The number of hydrogen-bond acceptors (Lipinski definition) is 3. The van der Waals surface area contributed by atoms with Gasteiger partial charge in [0.2, 0.25) is 0 Å². The molecule has 0 heterocycles. The van der Waals surface area contributed by atoms with Crippen molar-refractivity contribution >= 4 is 10.1 Å². The third-order valence-electron chi connectivity index (χ3n) is 1.31. The standard InChI is InChI=1S/C7H8O3S.2K.H/c1-6-2-4-7(5-3-6)11(8,9)10;;;/h2-5H,1H3,(H,8,9,10);;;/q;2*+1;-1/p-1. The molecule has 0 N–H and O–H groups in total. The average molecular weight is 250 g/mol. The van der Waals surface area contributed by atoms with E-state index in [1.807, 2.05) is 6.92 Å². The summed E-state index contributed by atoms with van der Waals surface area (Å²) in [5, 5.41) is 0. The molecule has 0 saturated heterocycles. The van der Waals surface area contributed by atoms with E-state index in [0.717, 1.165) is 5.56 Å². The quantitative estimate of drug-likeness (QED) is 0.371. The van der Waals surface area contributed by atoms with Crippen molar-refractivity contribution in [2.45, 2.75) is 11.8 Å². The molecule has 0 saturated carbocycles. The molecule has 0 unspecified atom stereocenters. The summed E-state index contributed by atoms with van der Waals surface area (Å²) in [5.74, 6) is 0. The van der Waals surface area contributed by atoms with Gasteiger partial charge in [0.25, 0.3) is 0 Å². The second-order valence-corrected chi connectivity index (χ2v) is 3.65. The van der Waals surface area contributed by atoms with Crippen LogP contribution in [0.15, 0.2) is 29.2 Å². The Morgan fingerprint density at radius 3 is 1.85 bits per heavy atom. The van der Waals surface area contributed by atoms with Gasteiger partial charge in [0.05, 0.1) is 4.90 Å². The van der Waals surface area contributed by atoms with Crippen molar-refractivity contribution in [3.8, 4) is 0 Å². The Bertz CT molecular complexity index is 350. The summed E-state index contributed by atoms with van der Waals surface area (Å²) < 4.78 is 31.2. The molecule has 1 rings (SSSR count). The van der Waals surface area contributed by atoms with Crippen LogP contribution in [0, 0.1) is 6.92 Å². The Balaban J connectivity index is -0.000000403. The minimum Gasteiger partial charge on any atom is -1.00 e. The Morgan fingerprint density at radius 1 is 1.15 bits per heavy atom. The predicted molar refractivity (Wildman–Crippen MR) is 40.3 cm³/mol. The Hall–Kier alpha value is 2.40. The van der Waals surface area contributed by atoms with E-state index in [0.29, 0.717) is 0 Å². The summed E-state index contributed by atoms with van der Waals surface area (Å²) in [7, 11) is -4.27. The average Bonchev–Trinajstić information content (AvgIpc) is 1.86. The van der Waals surface area contributed by atoms with Gasteiger partial charge in [0, 0.05) is 0 Å². The van der Waals surface area contributed by atoms with Crippen LogP contribution in [0.5, 0.6) is 0 Å². The summed E-state index contributed by atoms with van der Waals surface area (Å²) in [6, 6.07) is 5.78. The van der Waals surface area contributed by atoms with Gasteiger partial charge in [-0.05, 0) is 19.1 Å². The van der Waals surface area contributed by atoms with E-state index in [1.54, 1.807) is 12.1 Å². The fraction of sp³-hybridized carbons (Fsp3) is 0.143. The maximum Gasteiger partial charge on any atom is 1.00 e. The van der Waals surface area contributed by atoms with Crippen LogP contribution in [0.3, 0.4) is 0 Å². The van der Waals surface area contributed by atoms with Gasteiger partial charge >= 0.3 is 103 Å². The molecule has 0 fully saturated rings. The molecule has 0 aliphatic carbocycles. The van der Waals surface area contributed by atoms with E-state index in [-0.39, 0.29) is 109 Å². The first-order valence-electron chi connectivity index (χ1n) is 3.03. The third-order valence-corrected chi connectivity index (χ3v) is 2.16.